The summed E-state index contributed by atoms with van der Waals surface area (Å²) in [6.07, 6.45) is 0. The smallest absolute Gasteiger partial charge is 0.386 e. The van der Waals surface area contributed by atoms with E-state index in [-0.39, 0.29) is 17.0 Å². The standard InChI is InChI=1S/C7H4N2O3/c8-9-4-1-2-6(10)5(3-4)7(11)12/h1-3H,(H-,10,11,12)/p+1. The third kappa shape index (κ3) is 1.32. The average Bonchev–Trinajstić information content (AvgIpc) is 2.05. The molecule has 0 radical (unpaired) electrons. The Balaban J connectivity index is 3.28. The second-order valence-corrected chi connectivity index (χ2v) is 2.11. The molecule has 0 heterocycles. The number of aromatic hydroxyl groups is 1. The van der Waals surface area contributed by atoms with E-state index in [4.69, 9.17) is 15.6 Å². The molecule has 1 aromatic carbocycles. The highest BCUT2D eigenvalue weighted by molar-refractivity contribution is 5.92. The fourth-order valence-electron chi connectivity index (χ4n) is 0.758. The van der Waals surface area contributed by atoms with Crippen LogP contribution in [0, 0.1) is 5.39 Å². The van der Waals surface area contributed by atoms with Crippen LogP contribution in [0.15, 0.2) is 18.2 Å². The minimum absolute atomic E-state index is 0.0881. The molecule has 1 rings (SSSR count). The van der Waals surface area contributed by atoms with Crippen molar-refractivity contribution in [2.45, 2.75) is 0 Å². The van der Waals surface area contributed by atoms with Crippen molar-refractivity contribution in [1.29, 1.82) is 5.39 Å². The number of rotatable bonds is 1. The first-order chi connectivity index (χ1) is 5.65. The van der Waals surface area contributed by atoms with E-state index in [9.17, 15) is 4.79 Å². The Bertz CT molecular complexity index is 367. The van der Waals surface area contributed by atoms with Gasteiger partial charge in [-0.25, -0.2) is 4.79 Å². The van der Waals surface area contributed by atoms with Gasteiger partial charge in [-0.15, -0.1) is 0 Å². The van der Waals surface area contributed by atoms with E-state index in [0.717, 1.165) is 12.1 Å². The topological polar surface area (TPSA) is 85.7 Å². The Hall–Kier alpha value is -2.09. The van der Waals surface area contributed by atoms with Crippen LogP contribution in [-0.2, 0) is 0 Å². The summed E-state index contributed by atoms with van der Waals surface area (Å²) in [6.45, 7) is 0. The number of carboxylic acid groups (broad SMARTS) is 1. The second-order valence-electron chi connectivity index (χ2n) is 2.11. The number of benzene rings is 1. The molecular weight excluding hydrogens is 160 g/mol. The van der Waals surface area contributed by atoms with E-state index in [1.165, 1.54) is 6.07 Å². The van der Waals surface area contributed by atoms with Crippen LogP contribution >= 0.6 is 0 Å². The van der Waals surface area contributed by atoms with Gasteiger partial charge in [0.05, 0.1) is 6.07 Å². The number of nitrogens with zero attached hydrogens (tertiary/aromatic N) is 2. The van der Waals surface area contributed by atoms with Gasteiger partial charge < -0.3 is 10.2 Å². The lowest BCUT2D eigenvalue weighted by molar-refractivity contribution is 0.0694. The summed E-state index contributed by atoms with van der Waals surface area (Å²) in [5.74, 6) is -1.62. The van der Waals surface area contributed by atoms with Crippen LogP contribution in [0.1, 0.15) is 10.4 Å². The molecule has 5 heteroatoms. The number of hydrogen-bond donors (Lipinski definition) is 2. The molecule has 0 bridgehead atoms. The van der Waals surface area contributed by atoms with Crippen molar-refractivity contribution in [1.82, 2.24) is 0 Å². The quantitative estimate of drug-likeness (QED) is 0.618. The summed E-state index contributed by atoms with van der Waals surface area (Å²) in [5, 5.41) is 25.8. The van der Waals surface area contributed by atoms with E-state index in [1.807, 2.05) is 0 Å². The molecule has 0 aliphatic carbocycles. The Labute approximate surface area is 67.5 Å². The third-order valence-corrected chi connectivity index (χ3v) is 1.33. The third-order valence-electron chi connectivity index (χ3n) is 1.33. The van der Waals surface area contributed by atoms with Gasteiger partial charge >= 0.3 is 11.7 Å². The van der Waals surface area contributed by atoms with Crippen LogP contribution in [0.2, 0.25) is 0 Å². The number of diazo groups is 1. The lowest BCUT2D eigenvalue weighted by Crippen LogP contribution is -1.95. The average molecular weight is 165 g/mol. The molecule has 0 atom stereocenters. The molecule has 60 valence electrons. The van der Waals surface area contributed by atoms with Crippen LogP contribution in [0.25, 0.3) is 4.98 Å². The number of aromatic carboxylic acids is 1. The molecule has 12 heavy (non-hydrogen) atoms. The van der Waals surface area contributed by atoms with Gasteiger partial charge in [0.25, 0.3) is 0 Å². The first-order valence-electron chi connectivity index (χ1n) is 3.06. The van der Waals surface area contributed by atoms with E-state index >= 15 is 0 Å². The predicted octanol–water partition coefficient (Wildman–Crippen LogP) is 1.57. The normalized spacial score (nSPS) is 8.92. The van der Waals surface area contributed by atoms with Crippen LogP contribution in [0.5, 0.6) is 5.75 Å². The molecule has 1 aromatic rings. The zero-order valence-corrected chi connectivity index (χ0v) is 5.93. The molecular formula is C7H5N2O3+. The summed E-state index contributed by atoms with van der Waals surface area (Å²) < 4.78 is 0. The van der Waals surface area contributed by atoms with Crippen LogP contribution < -0.4 is 0 Å². The lowest BCUT2D eigenvalue weighted by atomic mass is 10.2. The van der Waals surface area contributed by atoms with Crippen molar-refractivity contribution < 1.29 is 15.0 Å². The molecule has 2 N–H and O–H groups in total. The highest BCUT2D eigenvalue weighted by Gasteiger charge is 2.14. The zero-order chi connectivity index (χ0) is 9.14. The molecule has 0 fully saturated rings. The van der Waals surface area contributed by atoms with Crippen LogP contribution in [0.4, 0.5) is 5.69 Å². The van der Waals surface area contributed by atoms with Crippen molar-refractivity contribution in [3.8, 4) is 5.75 Å². The first kappa shape index (κ1) is 8.01. The minimum Gasteiger partial charge on any atom is -0.507 e. The summed E-state index contributed by atoms with van der Waals surface area (Å²) in [5.41, 5.74) is -0.199. The molecule has 5 nitrogen and oxygen atoms in total. The summed E-state index contributed by atoms with van der Waals surface area (Å²) >= 11 is 0. The molecule has 0 amide bonds. The molecule has 0 spiro atoms. The minimum atomic E-state index is -1.27. The maximum absolute atomic E-state index is 10.4. The molecule has 0 saturated heterocycles. The van der Waals surface area contributed by atoms with Crippen LogP contribution in [0.3, 0.4) is 0 Å². The Morgan fingerprint density at radius 1 is 1.50 bits per heavy atom. The van der Waals surface area contributed by atoms with Crippen molar-refractivity contribution in [2.24, 2.45) is 0 Å². The highest BCUT2D eigenvalue weighted by Crippen LogP contribution is 2.22. The van der Waals surface area contributed by atoms with Crippen molar-refractivity contribution in [2.75, 3.05) is 0 Å². The fourth-order valence-corrected chi connectivity index (χ4v) is 0.758. The molecule has 0 aromatic heterocycles. The van der Waals surface area contributed by atoms with Gasteiger partial charge in [-0.3, -0.25) is 0 Å². The lowest BCUT2D eigenvalue weighted by Gasteiger charge is -1.93. The summed E-state index contributed by atoms with van der Waals surface area (Å²) in [7, 11) is 0. The number of phenols is 1. The SMILES string of the molecule is N#[N+]c1ccc(O)c(C(=O)O)c1. The van der Waals surface area contributed by atoms with E-state index in [1.54, 1.807) is 0 Å². The highest BCUT2D eigenvalue weighted by atomic mass is 16.4. The van der Waals surface area contributed by atoms with Crippen LogP contribution in [-0.4, -0.2) is 16.2 Å². The Kier molecular flexibility index (Phi) is 1.92. The molecule has 0 aliphatic heterocycles. The van der Waals surface area contributed by atoms with E-state index in [2.05, 4.69) is 4.98 Å². The van der Waals surface area contributed by atoms with Gasteiger partial charge in [-0.1, -0.05) is 0 Å². The van der Waals surface area contributed by atoms with Crippen molar-refractivity contribution in [3.05, 3.63) is 28.7 Å². The Morgan fingerprint density at radius 3 is 2.67 bits per heavy atom. The van der Waals surface area contributed by atoms with Gasteiger partial charge in [0.1, 0.15) is 11.3 Å². The van der Waals surface area contributed by atoms with Gasteiger partial charge in [0, 0.05) is 6.07 Å². The molecule has 0 aliphatic rings. The fraction of sp³-hybridized carbons (Fsp3) is 0. The summed E-state index contributed by atoms with van der Waals surface area (Å²) in [4.78, 5) is 13.2. The number of carboxylic acids is 1. The van der Waals surface area contributed by atoms with Gasteiger partial charge in [-0.05, 0) is 6.07 Å². The van der Waals surface area contributed by atoms with Gasteiger partial charge in [0.15, 0.2) is 4.98 Å². The van der Waals surface area contributed by atoms with Crippen molar-refractivity contribution >= 4 is 11.7 Å². The largest absolute Gasteiger partial charge is 0.507 e. The number of hydrogen-bond acceptors (Lipinski definition) is 3. The molecule has 0 saturated carbocycles. The molecule has 0 unspecified atom stereocenters. The van der Waals surface area contributed by atoms with E-state index in [0.29, 0.717) is 0 Å². The zero-order valence-electron chi connectivity index (χ0n) is 5.93. The number of carbonyl (C=O) groups is 1. The van der Waals surface area contributed by atoms with Crippen molar-refractivity contribution in [3.63, 3.8) is 0 Å². The maximum Gasteiger partial charge on any atom is 0.386 e. The van der Waals surface area contributed by atoms with Gasteiger partial charge in [0.2, 0.25) is 5.39 Å². The monoisotopic (exact) mass is 165 g/mol. The predicted molar refractivity (Wildman–Crippen MR) is 39.8 cm³/mol. The van der Waals surface area contributed by atoms with Gasteiger partial charge in [-0.2, -0.15) is 0 Å². The summed E-state index contributed by atoms with van der Waals surface area (Å²) in [6, 6.07) is 3.51. The second kappa shape index (κ2) is 2.88. The Morgan fingerprint density at radius 2 is 2.17 bits per heavy atom. The van der Waals surface area contributed by atoms with E-state index < -0.39 is 5.97 Å². The maximum atomic E-state index is 10.4. The first-order valence-corrected chi connectivity index (χ1v) is 3.06.